The molecular weight excluding hydrogens is 282 g/mol. The first-order chi connectivity index (χ1) is 11.1. The highest BCUT2D eigenvalue weighted by atomic mass is 16.5. The number of nitrogens with zero attached hydrogens (tertiary/aromatic N) is 1. The van der Waals surface area contributed by atoms with Crippen LogP contribution in [-0.2, 0) is 10.2 Å². The van der Waals surface area contributed by atoms with E-state index in [2.05, 4.69) is 49.1 Å². The lowest BCUT2D eigenvalue weighted by molar-refractivity contribution is 0.0298. The quantitative estimate of drug-likeness (QED) is 0.793. The van der Waals surface area contributed by atoms with Crippen molar-refractivity contribution >= 4 is 0 Å². The highest BCUT2D eigenvalue weighted by Crippen LogP contribution is 2.33. The van der Waals surface area contributed by atoms with E-state index in [9.17, 15) is 0 Å². The summed E-state index contributed by atoms with van der Waals surface area (Å²) in [5, 5.41) is 0. The van der Waals surface area contributed by atoms with Crippen molar-refractivity contribution in [3.05, 3.63) is 35.9 Å². The first-order valence-corrected chi connectivity index (χ1v) is 9.51. The molecule has 3 rings (SSSR count). The van der Waals surface area contributed by atoms with E-state index in [0.717, 1.165) is 25.0 Å². The van der Waals surface area contributed by atoms with Crippen molar-refractivity contribution in [3.8, 4) is 0 Å². The fourth-order valence-electron chi connectivity index (χ4n) is 4.31. The second kappa shape index (κ2) is 7.81. The first-order valence-electron chi connectivity index (χ1n) is 9.51. The number of ether oxygens (including phenoxy) is 1. The van der Waals surface area contributed by atoms with Gasteiger partial charge in [-0.3, -0.25) is 0 Å². The van der Waals surface area contributed by atoms with Crippen molar-refractivity contribution in [2.24, 2.45) is 11.8 Å². The monoisotopic (exact) mass is 315 g/mol. The minimum absolute atomic E-state index is 0.277. The zero-order chi connectivity index (χ0) is 16.1. The maximum absolute atomic E-state index is 5.52. The van der Waals surface area contributed by atoms with E-state index in [1.54, 1.807) is 0 Å². The lowest BCUT2D eigenvalue weighted by Gasteiger charge is -2.38. The molecule has 1 aromatic carbocycles. The van der Waals surface area contributed by atoms with Gasteiger partial charge in [0.05, 0.1) is 0 Å². The Labute approximate surface area is 142 Å². The Morgan fingerprint density at radius 3 is 2.22 bits per heavy atom. The Morgan fingerprint density at radius 2 is 1.57 bits per heavy atom. The van der Waals surface area contributed by atoms with Crippen molar-refractivity contribution in [2.75, 3.05) is 32.8 Å². The van der Waals surface area contributed by atoms with Gasteiger partial charge in [0.25, 0.3) is 0 Å². The van der Waals surface area contributed by atoms with Gasteiger partial charge in [0.1, 0.15) is 0 Å². The number of rotatable bonds is 5. The number of hydrogen-bond acceptors (Lipinski definition) is 2. The highest BCUT2D eigenvalue weighted by Gasteiger charge is 2.29. The zero-order valence-corrected chi connectivity index (χ0v) is 15.0. The summed E-state index contributed by atoms with van der Waals surface area (Å²) in [6.07, 6.45) is 6.64. The molecule has 0 aliphatic carbocycles. The van der Waals surface area contributed by atoms with Gasteiger partial charge in [0.2, 0.25) is 0 Å². The van der Waals surface area contributed by atoms with Gasteiger partial charge in [-0.25, -0.2) is 0 Å². The normalized spacial score (nSPS) is 22.3. The Bertz CT molecular complexity index is 456. The molecule has 0 saturated carbocycles. The summed E-state index contributed by atoms with van der Waals surface area (Å²) >= 11 is 0. The summed E-state index contributed by atoms with van der Waals surface area (Å²) in [6, 6.07) is 11.0. The number of benzene rings is 1. The maximum atomic E-state index is 5.52. The topological polar surface area (TPSA) is 12.5 Å². The number of likely N-dealkylation sites (tertiary alicyclic amines) is 1. The molecule has 0 radical (unpaired) electrons. The zero-order valence-electron chi connectivity index (χ0n) is 15.0. The second-order valence-electron chi connectivity index (χ2n) is 8.13. The molecular formula is C21H33NO. The van der Waals surface area contributed by atoms with E-state index in [0.29, 0.717) is 0 Å². The molecule has 0 aromatic heterocycles. The lowest BCUT2D eigenvalue weighted by atomic mass is 9.79. The minimum Gasteiger partial charge on any atom is -0.381 e. The summed E-state index contributed by atoms with van der Waals surface area (Å²) in [7, 11) is 0. The van der Waals surface area contributed by atoms with Crippen molar-refractivity contribution < 1.29 is 4.74 Å². The summed E-state index contributed by atoms with van der Waals surface area (Å²) in [5.74, 6) is 1.89. The molecule has 2 heteroatoms. The Morgan fingerprint density at radius 1 is 0.957 bits per heavy atom. The van der Waals surface area contributed by atoms with E-state index in [1.165, 1.54) is 57.3 Å². The molecule has 0 N–H and O–H groups in total. The largest absolute Gasteiger partial charge is 0.381 e. The van der Waals surface area contributed by atoms with Gasteiger partial charge in [0, 0.05) is 13.2 Å². The Kier molecular flexibility index (Phi) is 5.76. The van der Waals surface area contributed by atoms with E-state index >= 15 is 0 Å². The standard InChI is InChI=1S/C21H33NO/c1-21(2,20-6-4-3-5-7-20)12-15-22-13-8-18(9-14-22)19-10-16-23-17-11-19/h3-7,18-19H,8-17H2,1-2H3. The van der Waals surface area contributed by atoms with Crippen molar-refractivity contribution in [1.82, 2.24) is 4.90 Å². The van der Waals surface area contributed by atoms with Gasteiger partial charge in [-0.2, -0.15) is 0 Å². The molecule has 2 nitrogen and oxygen atoms in total. The fraction of sp³-hybridized carbons (Fsp3) is 0.714. The molecule has 0 bridgehead atoms. The van der Waals surface area contributed by atoms with E-state index in [4.69, 9.17) is 4.74 Å². The smallest absolute Gasteiger partial charge is 0.0468 e. The van der Waals surface area contributed by atoms with Gasteiger partial charge >= 0.3 is 0 Å². The average Bonchev–Trinajstić information content (AvgIpc) is 2.62. The Hall–Kier alpha value is -0.860. The van der Waals surface area contributed by atoms with Gasteiger partial charge < -0.3 is 9.64 Å². The highest BCUT2D eigenvalue weighted by molar-refractivity contribution is 5.23. The average molecular weight is 316 g/mol. The van der Waals surface area contributed by atoms with Gasteiger partial charge in [-0.05, 0) is 74.6 Å². The SMILES string of the molecule is CC(C)(CCN1CCC(C2CCOCC2)CC1)c1ccccc1. The van der Waals surface area contributed by atoms with Gasteiger partial charge in [-0.15, -0.1) is 0 Å². The van der Waals surface area contributed by atoms with Crippen LogP contribution in [-0.4, -0.2) is 37.7 Å². The molecule has 2 saturated heterocycles. The van der Waals surface area contributed by atoms with Crippen molar-refractivity contribution in [1.29, 1.82) is 0 Å². The van der Waals surface area contributed by atoms with E-state index < -0.39 is 0 Å². The lowest BCUT2D eigenvalue weighted by Crippen LogP contribution is -2.39. The minimum atomic E-state index is 0.277. The van der Waals surface area contributed by atoms with Gasteiger partial charge in [-0.1, -0.05) is 44.2 Å². The summed E-state index contributed by atoms with van der Waals surface area (Å²) < 4.78 is 5.52. The third kappa shape index (κ3) is 4.58. The number of hydrogen-bond donors (Lipinski definition) is 0. The van der Waals surface area contributed by atoms with Crippen LogP contribution in [0.15, 0.2) is 30.3 Å². The summed E-state index contributed by atoms with van der Waals surface area (Å²) in [6.45, 7) is 10.6. The van der Waals surface area contributed by atoms with Crippen LogP contribution in [0.3, 0.4) is 0 Å². The Balaban J connectivity index is 1.44. The molecule has 128 valence electrons. The molecule has 2 heterocycles. The molecule has 1 aromatic rings. The second-order valence-corrected chi connectivity index (χ2v) is 8.13. The van der Waals surface area contributed by atoms with Crippen LogP contribution in [0.1, 0.15) is 51.5 Å². The molecule has 0 spiro atoms. The van der Waals surface area contributed by atoms with Crippen LogP contribution in [0.2, 0.25) is 0 Å². The van der Waals surface area contributed by atoms with E-state index in [1.807, 2.05) is 0 Å². The first kappa shape index (κ1) is 17.0. The van der Waals surface area contributed by atoms with Crippen LogP contribution in [0, 0.1) is 11.8 Å². The molecule has 0 atom stereocenters. The van der Waals surface area contributed by atoms with Gasteiger partial charge in [0.15, 0.2) is 0 Å². The van der Waals surface area contributed by atoms with Crippen LogP contribution in [0.25, 0.3) is 0 Å². The third-order valence-corrected chi connectivity index (χ3v) is 6.17. The number of piperidine rings is 1. The van der Waals surface area contributed by atoms with Crippen molar-refractivity contribution in [3.63, 3.8) is 0 Å². The molecule has 2 aliphatic heterocycles. The van der Waals surface area contributed by atoms with Crippen LogP contribution in [0.5, 0.6) is 0 Å². The maximum Gasteiger partial charge on any atom is 0.0468 e. The van der Waals surface area contributed by atoms with E-state index in [-0.39, 0.29) is 5.41 Å². The van der Waals surface area contributed by atoms with Crippen molar-refractivity contribution in [2.45, 2.75) is 51.4 Å². The molecule has 2 fully saturated rings. The molecule has 23 heavy (non-hydrogen) atoms. The van der Waals surface area contributed by atoms with Crippen LogP contribution >= 0.6 is 0 Å². The van der Waals surface area contributed by atoms with Crippen LogP contribution < -0.4 is 0 Å². The molecule has 0 amide bonds. The fourth-order valence-corrected chi connectivity index (χ4v) is 4.31. The molecule has 2 aliphatic rings. The predicted molar refractivity (Wildman–Crippen MR) is 96.8 cm³/mol. The third-order valence-electron chi connectivity index (χ3n) is 6.17. The summed E-state index contributed by atoms with van der Waals surface area (Å²) in [4.78, 5) is 2.69. The predicted octanol–water partition coefficient (Wildman–Crippen LogP) is 4.49. The molecule has 0 unspecified atom stereocenters. The summed E-state index contributed by atoms with van der Waals surface area (Å²) in [5.41, 5.74) is 1.75. The van der Waals surface area contributed by atoms with Crippen LogP contribution in [0.4, 0.5) is 0 Å².